The van der Waals surface area contributed by atoms with Gasteiger partial charge in [-0.3, -0.25) is 4.79 Å². The van der Waals surface area contributed by atoms with Crippen LogP contribution < -0.4 is 5.32 Å². The zero-order valence-corrected chi connectivity index (χ0v) is 14.3. The quantitative estimate of drug-likeness (QED) is 0.660. The van der Waals surface area contributed by atoms with Gasteiger partial charge in [0, 0.05) is 17.3 Å². The maximum absolute atomic E-state index is 12.5. The highest BCUT2D eigenvalue weighted by molar-refractivity contribution is 6.33. The van der Waals surface area contributed by atoms with Gasteiger partial charge in [-0.15, -0.1) is 0 Å². The molecule has 2 aromatic rings. The van der Waals surface area contributed by atoms with Crippen LogP contribution in [0.3, 0.4) is 0 Å². The number of nitrogens with one attached hydrogen (secondary N) is 1. The van der Waals surface area contributed by atoms with Gasteiger partial charge in [0.1, 0.15) is 17.0 Å². The molecule has 0 aliphatic carbocycles. The molecule has 0 spiro atoms. The number of carbonyl (C=O) groups excluding carboxylic acids is 2. The smallest absolute Gasteiger partial charge is 0.332 e. The van der Waals surface area contributed by atoms with Crippen LogP contribution in [0.15, 0.2) is 40.6 Å². The number of benzene rings is 1. The van der Waals surface area contributed by atoms with Crippen molar-refractivity contribution in [2.45, 2.75) is 20.8 Å². The number of aryl methyl sites for hydroxylation is 1. The van der Waals surface area contributed by atoms with Crippen molar-refractivity contribution in [2.24, 2.45) is 0 Å². The van der Waals surface area contributed by atoms with Gasteiger partial charge in [-0.2, -0.15) is 0 Å². The number of aromatic nitrogens is 1. The van der Waals surface area contributed by atoms with Gasteiger partial charge in [0.05, 0.1) is 11.6 Å². The zero-order valence-electron chi connectivity index (χ0n) is 13.6. The maximum atomic E-state index is 12.5. The van der Waals surface area contributed by atoms with Crippen LogP contribution in [0.5, 0.6) is 0 Å². The minimum Gasteiger partial charge on any atom is -0.463 e. The van der Waals surface area contributed by atoms with Gasteiger partial charge in [0.2, 0.25) is 0 Å². The summed E-state index contributed by atoms with van der Waals surface area (Å²) in [7, 11) is 0. The van der Waals surface area contributed by atoms with Gasteiger partial charge in [0.25, 0.3) is 5.91 Å². The van der Waals surface area contributed by atoms with Gasteiger partial charge >= 0.3 is 5.97 Å². The van der Waals surface area contributed by atoms with Crippen molar-refractivity contribution >= 4 is 23.5 Å². The van der Waals surface area contributed by atoms with Crippen molar-refractivity contribution in [3.63, 3.8) is 0 Å². The average molecular weight is 349 g/mol. The molecule has 24 heavy (non-hydrogen) atoms. The lowest BCUT2D eigenvalue weighted by Gasteiger charge is -2.07. The molecule has 0 radical (unpaired) electrons. The van der Waals surface area contributed by atoms with Crippen LogP contribution in [0.25, 0.3) is 11.3 Å². The Hall–Kier alpha value is -2.60. The molecule has 0 bridgehead atoms. The van der Waals surface area contributed by atoms with Crippen molar-refractivity contribution < 1.29 is 18.8 Å². The number of halogens is 1. The monoisotopic (exact) mass is 348 g/mol. The van der Waals surface area contributed by atoms with Gasteiger partial charge in [-0.1, -0.05) is 35.0 Å². The second-order valence-corrected chi connectivity index (χ2v) is 5.38. The minimum atomic E-state index is -0.524. The van der Waals surface area contributed by atoms with E-state index in [0.29, 0.717) is 27.7 Å². The standard InChI is InChI=1S/C17H17ClN2O4/c1-4-23-14(21)9-10(2)19-17(22)15-11(3)24-20-16(15)12-7-5-6-8-13(12)18/h5-9H,4H2,1-3H3,(H,19,22)/b10-9+. The van der Waals surface area contributed by atoms with Gasteiger partial charge in [-0.05, 0) is 26.8 Å². The normalized spacial score (nSPS) is 11.2. The van der Waals surface area contributed by atoms with E-state index in [9.17, 15) is 9.59 Å². The number of rotatable bonds is 5. The number of allylic oxidation sites excluding steroid dienone is 1. The maximum Gasteiger partial charge on any atom is 0.332 e. The zero-order chi connectivity index (χ0) is 17.7. The van der Waals surface area contributed by atoms with Crippen LogP contribution in [-0.2, 0) is 9.53 Å². The minimum absolute atomic E-state index is 0.262. The van der Waals surface area contributed by atoms with Crippen LogP contribution in [0.1, 0.15) is 30.0 Å². The summed E-state index contributed by atoms with van der Waals surface area (Å²) < 4.78 is 9.95. The summed E-state index contributed by atoms with van der Waals surface area (Å²) in [6.45, 7) is 5.19. The SMILES string of the molecule is CCOC(=O)/C=C(\C)NC(=O)c1c(-c2ccccc2Cl)noc1C. The van der Waals surface area contributed by atoms with E-state index in [1.54, 1.807) is 45.0 Å². The van der Waals surface area contributed by atoms with E-state index in [4.69, 9.17) is 20.9 Å². The Kier molecular flexibility index (Phi) is 5.76. The summed E-state index contributed by atoms with van der Waals surface area (Å²) in [6, 6.07) is 7.02. The molecule has 0 aliphatic heterocycles. The highest BCUT2D eigenvalue weighted by atomic mass is 35.5. The van der Waals surface area contributed by atoms with E-state index >= 15 is 0 Å². The lowest BCUT2D eigenvalue weighted by atomic mass is 10.1. The van der Waals surface area contributed by atoms with Gasteiger partial charge < -0.3 is 14.6 Å². The molecule has 1 N–H and O–H groups in total. The highest BCUT2D eigenvalue weighted by Gasteiger charge is 2.23. The van der Waals surface area contributed by atoms with E-state index in [-0.39, 0.29) is 12.2 Å². The average Bonchev–Trinajstić information content (AvgIpc) is 2.89. The molecular formula is C17H17ClN2O4. The first-order valence-corrected chi connectivity index (χ1v) is 7.69. The number of carbonyl (C=O) groups is 2. The Morgan fingerprint density at radius 1 is 1.38 bits per heavy atom. The first kappa shape index (κ1) is 17.7. The Morgan fingerprint density at radius 3 is 2.75 bits per heavy atom. The van der Waals surface area contributed by atoms with E-state index in [2.05, 4.69) is 10.5 Å². The third kappa shape index (κ3) is 4.02. The largest absolute Gasteiger partial charge is 0.463 e. The molecule has 1 heterocycles. The van der Waals surface area contributed by atoms with Crippen LogP contribution in [0.4, 0.5) is 0 Å². The topological polar surface area (TPSA) is 81.4 Å². The van der Waals surface area contributed by atoms with Crippen molar-refractivity contribution in [3.05, 3.63) is 52.4 Å². The predicted molar refractivity (Wildman–Crippen MR) is 89.5 cm³/mol. The Morgan fingerprint density at radius 2 is 2.08 bits per heavy atom. The van der Waals surface area contributed by atoms with Crippen molar-refractivity contribution in [3.8, 4) is 11.3 Å². The fourth-order valence-electron chi connectivity index (χ4n) is 2.12. The Labute approximate surface area is 144 Å². The predicted octanol–water partition coefficient (Wildman–Crippen LogP) is 3.50. The number of hydrogen-bond donors (Lipinski definition) is 1. The van der Waals surface area contributed by atoms with Crippen LogP contribution in [-0.4, -0.2) is 23.6 Å². The molecule has 0 atom stereocenters. The molecule has 1 aromatic heterocycles. The number of hydrogen-bond acceptors (Lipinski definition) is 5. The van der Waals surface area contributed by atoms with Crippen molar-refractivity contribution in [1.82, 2.24) is 10.5 Å². The molecule has 0 fully saturated rings. The molecule has 2 rings (SSSR count). The van der Waals surface area contributed by atoms with E-state index in [1.807, 2.05) is 0 Å². The summed E-state index contributed by atoms with van der Waals surface area (Å²) in [4.78, 5) is 24.0. The van der Waals surface area contributed by atoms with Gasteiger partial charge in [-0.25, -0.2) is 4.79 Å². The molecule has 0 unspecified atom stereocenters. The fourth-order valence-corrected chi connectivity index (χ4v) is 2.34. The highest BCUT2D eigenvalue weighted by Crippen LogP contribution is 2.30. The van der Waals surface area contributed by atoms with Crippen LogP contribution in [0, 0.1) is 6.92 Å². The Balaban J connectivity index is 2.30. The molecule has 0 aliphatic rings. The lowest BCUT2D eigenvalue weighted by Crippen LogP contribution is -2.23. The molecule has 1 aromatic carbocycles. The Bertz CT molecular complexity index is 796. The first-order valence-electron chi connectivity index (χ1n) is 7.31. The second kappa shape index (κ2) is 7.79. The lowest BCUT2D eigenvalue weighted by molar-refractivity contribution is -0.137. The van der Waals surface area contributed by atoms with Crippen LogP contribution >= 0.6 is 11.6 Å². The molecule has 6 nitrogen and oxygen atoms in total. The summed E-state index contributed by atoms with van der Waals surface area (Å²) in [5.74, 6) is -0.614. The summed E-state index contributed by atoms with van der Waals surface area (Å²) in [5, 5.41) is 7.01. The fraction of sp³-hybridized carbons (Fsp3) is 0.235. The van der Waals surface area contributed by atoms with Crippen molar-refractivity contribution in [2.75, 3.05) is 6.61 Å². The number of esters is 1. The molecular weight excluding hydrogens is 332 g/mol. The second-order valence-electron chi connectivity index (χ2n) is 4.98. The first-order chi connectivity index (χ1) is 11.4. The molecule has 0 saturated heterocycles. The van der Waals surface area contributed by atoms with Crippen molar-refractivity contribution in [1.29, 1.82) is 0 Å². The van der Waals surface area contributed by atoms with E-state index in [1.165, 1.54) is 6.08 Å². The summed E-state index contributed by atoms with van der Waals surface area (Å²) in [5.41, 5.74) is 1.55. The molecule has 1 amide bonds. The number of ether oxygens (including phenoxy) is 1. The van der Waals surface area contributed by atoms with Gasteiger partial charge in [0.15, 0.2) is 0 Å². The number of nitrogens with zero attached hydrogens (tertiary/aromatic N) is 1. The third-order valence-electron chi connectivity index (χ3n) is 3.15. The van der Waals surface area contributed by atoms with E-state index in [0.717, 1.165) is 0 Å². The molecule has 0 saturated carbocycles. The van der Waals surface area contributed by atoms with Crippen LogP contribution in [0.2, 0.25) is 5.02 Å². The number of amides is 1. The third-order valence-corrected chi connectivity index (χ3v) is 3.48. The summed E-state index contributed by atoms with van der Waals surface area (Å²) >= 11 is 6.17. The van der Waals surface area contributed by atoms with E-state index < -0.39 is 11.9 Å². The summed E-state index contributed by atoms with van der Waals surface area (Å²) in [6.07, 6.45) is 1.21. The molecule has 126 valence electrons. The molecule has 7 heteroatoms.